The van der Waals surface area contributed by atoms with Gasteiger partial charge < -0.3 is 28.7 Å². The maximum absolute atomic E-state index is 13.1. The van der Waals surface area contributed by atoms with Gasteiger partial charge >= 0.3 is 0 Å². The van der Waals surface area contributed by atoms with Crippen molar-refractivity contribution < 1.29 is 23.7 Å². The van der Waals surface area contributed by atoms with E-state index in [4.69, 9.17) is 30.5 Å². The number of morpholine rings is 1. The number of rotatable bonds is 17. The first-order chi connectivity index (χ1) is 22.3. The molecule has 0 bridgehead atoms. The number of methoxy groups -OCH3 is 2. The third-order valence-electron chi connectivity index (χ3n) is 9.66. The topological polar surface area (TPSA) is 76.6 Å². The van der Waals surface area contributed by atoms with E-state index in [1.807, 2.05) is 11.1 Å². The summed E-state index contributed by atoms with van der Waals surface area (Å²) in [5, 5.41) is 0.814. The SMILES string of the molecule is CCc1ccnc(N2CCOC3(CCN(Cc4cccc(CCOCCC(=O)N(CC(OC)OC)C(CC)CC)c4Cl)CC3)C2)c1. The third kappa shape index (κ3) is 9.87. The molecule has 3 heterocycles. The van der Waals surface area contributed by atoms with Gasteiger partial charge in [0.1, 0.15) is 5.82 Å². The van der Waals surface area contributed by atoms with Gasteiger partial charge in [0.05, 0.1) is 38.4 Å². The molecule has 2 aliphatic rings. The number of halogens is 1. The van der Waals surface area contributed by atoms with Crippen LogP contribution in [0.25, 0.3) is 0 Å². The summed E-state index contributed by atoms with van der Waals surface area (Å²) in [7, 11) is 3.19. The molecule has 4 rings (SSSR count). The van der Waals surface area contributed by atoms with Gasteiger partial charge in [0.25, 0.3) is 0 Å². The molecule has 1 aromatic carbocycles. The van der Waals surface area contributed by atoms with Crippen LogP contribution in [0.15, 0.2) is 36.5 Å². The predicted molar refractivity (Wildman–Crippen MR) is 184 cm³/mol. The van der Waals surface area contributed by atoms with Gasteiger partial charge in [0.2, 0.25) is 5.91 Å². The fourth-order valence-electron chi connectivity index (χ4n) is 6.68. The van der Waals surface area contributed by atoms with E-state index in [0.29, 0.717) is 32.6 Å². The lowest BCUT2D eigenvalue weighted by molar-refractivity contribution is -0.150. The molecule has 2 aromatic rings. The molecule has 2 saturated heterocycles. The number of amides is 1. The zero-order chi connectivity index (χ0) is 32.9. The van der Waals surface area contributed by atoms with Crippen LogP contribution in [0.1, 0.15) is 69.6 Å². The molecule has 46 heavy (non-hydrogen) atoms. The minimum Gasteiger partial charge on any atom is -0.381 e. The Labute approximate surface area is 281 Å². The monoisotopic (exact) mass is 658 g/mol. The number of carbonyl (C=O) groups excluding carboxylic acids is 1. The molecule has 1 aromatic heterocycles. The molecule has 0 atom stereocenters. The number of hydrogen-bond acceptors (Lipinski definition) is 8. The standard InChI is InChI=1S/C36H55ClN4O5/c1-6-28-12-17-38-32(24-28)40-20-23-46-36(27-40)15-18-39(19-16-36)25-30-11-9-10-29(35(30)37)13-21-45-22-14-33(42)41(31(7-2)8-3)26-34(43-4)44-5/h9-12,17,24,31,34H,6-8,13-16,18-23,25-27H2,1-5H3. The highest BCUT2D eigenvalue weighted by molar-refractivity contribution is 6.32. The molecule has 0 saturated carbocycles. The number of aromatic nitrogens is 1. The van der Waals surface area contributed by atoms with Crippen molar-refractivity contribution >= 4 is 23.3 Å². The summed E-state index contributed by atoms with van der Waals surface area (Å²) < 4.78 is 23.1. The van der Waals surface area contributed by atoms with E-state index in [1.165, 1.54) is 5.56 Å². The number of likely N-dealkylation sites (tertiary alicyclic amines) is 1. The first-order valence-corrected chi connectivity index (χ1v) is 17.5. The maximum atomic E-state index is 13.1. The van der Waals surface area contributed by atoms with Crippen LogP contribution < -0.4 is 4.90 Å². The van der Waals surface area contributed by atoms with Crippen molar-refractivity contribution in [1.29, 1.82) is 0 Å². The summed E-state index contributed by atoms with van der Waals surface area (Å²) in [4.78, 5) is 24.5. The molecule has 0 radical (unpaired) electrons. The van der Waals surface area contributed by atoms with E-state index in [2.05, 4.69) is 65.9 Å². The molecule has 1 amide bonds. The fourth-order valence-corrected chi connectivity index (χ4v) is 6.96. The molecule has 10 heteroatoms. The number of anilines is 1. The number of carbonyl (C=O) groups is 1. The lowest BCUT2D eigenvalue weighted by Gasteiger charge is -2.47. The molecule has 2 fully saturated rings. The van der Waals surface area contributed by atoms with E-state index in [0.717, 1.165) is 93.4 Å². The minimum absolute atomic E-state index is 0.0600. The first-order valence-electron chi connectivity index (χ1n) is 17.1. The largest absolute Gasteiger partial charge is 0.381 e. The number of nitrogens with zero attached hydrogens (tertiary/aromatic N) is 4. The number of hydrogen-bond donors (Lipinski definition) is 0. The van der Waals surface area contributed by atoms with Crippen LogP contribution in [0.3, 0.4) is 0 Å². The van der Waals surface area contributed by atoms with Gasteiger partial charge in [-0.3, -0.25) is 9.69 Å². The van der Waals surface area contributed by atoms with E-state index in [-0.39, 0.29) is 17.6 Å². The quantitative estimate of drug-likeness (QED) is 0.157. The average Bonchev–Trinajstić information content (AvgIpc) is 3.09. The summed E-state index contributed by atoms with van der Waals surface area (Å²) in [5.41, 5.74) is 3.42. The Morgan fingerprint density at radius 2 is 1.80 bits per heavy atom. The van der Waals surface area contributed by atoms with Gasteiger partial charge in [-0.2, -0.15) is 0 Å². The molecule has 256 valence electrons. The third-order valence-corrected chi connectivity index (χ3v) is 10.1. The second kappa shape index (κ2) is 18.3. The van der Waals surface area contributed by atoms with Gasteiger partial charge in [-0.1, -0.05) is 50.6 Å². The average molecular weight is 659 g/mol. The Morgan fingerprint density at radius 3 is 2.50 bits per heavy atom. The van der Waals surface area contributed by atoms with E-state index in [9.17, 15) is 4.79 Å². The smallest absolute Gasteiger partial charge is 0.225 e. The summed E-state index contributed by atoms with van der Waals surface area (Å²) in [5.74, 6) is 1.12. The molecular weight excluding hydrogens is 604 g/mol. The number of aryl methyl sites for hydroxylation is 1. The number of pyridine rings is 1. The van der Waals surface area contributed by atoms with Crippen LogP contribution in [0.2, 0.25) is 5.02 Å². The highest BCUT2D eigenvalue weighted by Gasteiger charge is 2.40. The zero-order valence-electron chi connectivity index (χ0n) is 28.6. The summed E-state index contributed by atoms with van der Waals surface area (Å²) >= 11 is 6.92. The van der Waals surface area contributed by atoms with Crippen molar-refractivity contribution in [3.05, 3.63) is 58.2 Å². The van der Waals surface area contributed by atoms with Gasteiger partial charge in [0, 0.05) is 64.2 Å². The van der Waals surface area contributed by atoms with Crippen LogP contribution in [0.4, 0.5) is 5.82 Å². The van der Waals surface area contributed by atoms with Crippen molar-refractivity contribution in [2.45, 2.75) is 90.2 Å². The van der Waals surface area contributed by atoms with Crippen LogP contribution in [0, 0.1) is 0 Å². The molecule has 9 nitrogen and oxygen atoms in total. The van der Waals surface area contributed by atoms with Crippen molar-refractivity contribution in [2.75, 3.05) is 71.7 Å². The lowest BCUT2D eigenvalue weighted by Crippen LogP contribution is -2.57. The lowest BCUT2D eigenvalue weighted by atomic mass is 9.89. The first kappa shape index (κ1) is 36.6. The van der Waals surface area contributed by atoms with Crippen LogP contribution >= 0.6 is 11.6 Å². The Morgan fingerprint density at radius 1 is 1.07 bits per heavy atom. The van der Waals surface area contributed by atoms with Gasteiger partial charge in [-0.25, -0.2) is 4.98 Å². The number of piperidine rings is 1. The Balaban J connectivity index is 1.23. The van der Waals surface area contributed by atoms with Crippen molar-refractivity contribution in [3.63, 3.8) is 0 Å². The van der Waals surface area contributed by atoms with Crippen molar-refractivity contribution in [3.8, 4) is 0 Å². The number of ether oxygens (including phenoxy) is 4. The van der Waals surface area contributed by atoms with Crippen LogP contribution in [0.5, 0.6) is 0 Å². The van der Waals surface area contributed by atoms with Crippen molar-refractivity contribution in [2.24, 2.45) is 0 Å². The maximum Gasteiger partial charge on any atom is 0.225 e. The summed E-state index contributed by atoms with van der Waals surface area (Å²) in [6, 6.07) is 10.7. The van der Waals surface area contributed by atoms with Crippen LogP contribution in [-0.4, -0.2) is 105 Å². The molecule has 2 aliphatic heterocycles. The highest BCUT2D eigenvalue weighted by Crippen LogP contribution is 2.33. The van der Waals surface area contributed by atoms with Gasteiger partial charge in [-0.05, 0) is 67.3 Å². The molecule has 0 N–H and O–H groups in total. The Hall–Kier alpha value is -2.27. The second-order valence-corrected chi connectivity index (χ2v) is 12.9. The van der Waals surface area contributed by atoms with E-state index >= 15 is 0 Å². The second-order valence-electron chi connectivity index (χ2n) is 12.5. The van der Waals surface area contributed by atoms with Crippen LogP contribution in [-0.2, 0) is 43.1 Å². The molecular formula is C36H55ClN4O5. The fraction of sp³-hybridized carbons (Fsp3) is 0.667. The minimum atomic E-state index is -0.441. The van der Waals surface area contributed by atoms with E-state index in [1.54, 1.807) is 14.2 Å². The molecule has 0 unspecified atom stereocenters. The predicted octanol–water partition coefficient (Wildman–Crippen LogP) is 5.75. The molecule has 1 spiro atoms. The van der Waals surface area contributed by atoms with Gasteiger partial charge in [0.15, 0.2) is 6.29 Å². The zero-order valence-corrected chi connectivity index (χ0v) is 29.4. The van der Waals surface area contributed by atoms with Crippen molar-refractivity contribution in [1.82, 2.24) is 14.8 Å². The Bertz CT molecular complexity index is 1220. The van der Waals surface area contributed by atoms with Gasteiger partial charge in [-0.15, -0.1) is 0 Å². The Kier molecular flexibility index (Phi) is 14.6. The highest BCUT2D eigenvalue weighted by atomic mass is 35.5. The normalized spacial score (nSPS) is 16.9. The van der Waals surface area contributed by atoms with E-state index < -0.39 is 6.29 Å². The number of benzene rings is 1. The molecule has 0 aliphatic carbocycles. The summed E-state index contributed by atoms with van der Waals surface area (Å²) in [6.07, 6.45) is 7.28. The summed E-state index contributed by atoms with van der Waals surface area (Å²) in [6.45, 7) is 12.9.